The van der Waals surface area contributed by atoms with Crippen molar-refractivity contribution in [2.45, 2.75) is 25.6 Å². The Morgan fingerprint density at radius 2 is 2.27 bits per heavy atom. The number of halogens is 1. The van der Waals surface area contributed by atoms with Crippen LogP contribution in [0.25, 0.3) is 0 Å². The fraction of sp³-hybridized carbons (Fsp3) is 1.00. The van der Waals surface area contributed by atoms with Crippen molar-refractivity contribution >= 4 is 34.7 Å². The van der Waals surface area contributed by atoms with Crippen LogP contribution in [0.1, 0.15) is 19.3 Å². The molecule has 1 heterocycles. The SMILES string of the molecule is ClCCOC1CCCCO1.[MgH2]. The summed E-state index contributed by atoms with van der Waals surface area (Å²) in [7, 11) is 0. The first-order valence-electron chi connectivity index (χ1n) is 3.72. The van der Waals surface area contributed by atoms with E-state index in [2.05, 4.69) is 0 Å². The van der Waals surface area contributed by atoms with Gasteiger partial charge >= 0.3 is 23.1 Å². The summed E-state index contributed by atoms with van der Waals surface area (Å²) >= 11 is 5.44. The van der Waals surface area contributed by atoms with Crippen LogP contribution in [0.4, 0.5) is 0 Å². The molecule has 1 atom stereocenters. The molecular weight excluding hydrogens is 176 g/mol. The molecule has 0 aromatic rings. The van der Waals surface area contributed by atoms with Crippen molar-refractivity contribution < 1.29 is 9.47 Å². The lowest BCUT2D eigenvalue weighted by molar-refractivity contribution is -0.158. The molecular formula is C7H15ClMgO2. The molecule has 0 N–H and O–H groups in total. The van der Waals surface area contributed by atoms with Crippen molar-refractivity contribution in [1.29, 1.82) is 0 Å². The van der Waals surface area contributed by atoms with E-state index in [-0.39, 0.29) is 29.3 Å². The molecule has 2 nitrogen and oxygen atoms in total. The summed E-state index contributed by atoms with van der Waals surface area (Å²) in [5, 5.41) is 0. The molecule has 1 fully saturated rings. The minimum atomic E-state index is 0. The lowest BCUT2D eigenvalue weighted by Crippen LogP contribution is -2.22. The molecule has 0 aliphatic carbocycles. The summed E-state index contributed by atoms with van der Waals surface area (Å²) < 4.78 is 10.6. The number of hydrogen-bond acceptors (Lipinski definition) is 2. The third-order valence-electron chi connectivity index (χ3n) is 1.52. The van der Waals surface area contributed by atoms with Gasteiger partial charge in [-0.15, -0.1) is 11.6 Å². The molecule has 1 unspecified atom stereocenters. The van der Waals surface area contributed by atoms with Crippen LogP contribution in [-0.4, -0.2) is 48.4 Å². The Hall–Kier alpha value is 0.976. The van der Waals surface area contributed by atoms with Gasteiger partial charge in [0.25, 0.3) is 0 Å². The molecule has 1 aliphatic heterocycles. The van der Waals surface area contributed by atoms with Crippen molar-refractivity contribution in [3.05, 3.63) is 0 Å². The van der Waals surface area contributed by atoms with E-state index < -0.39 is 0 Å². The Kier molecular flexibility index (Phi) is 8.29. The van der Waals surface area contributed by atoms with Crippen molar-refractivity contribution in [3.63, 3.8) is 0 Å². The second-order valence-electron chi connectivity index (χ2n) is 2.36. The fourth-order valence-corrected chi connectivity index (χ4v) is 1.11. The van der Waals surface area contributed by atoms with Gasteiger partial charge in [0, 0.05) is 12.5 Å². The highest BCUT2D eigenvalue weighted by Crippen LogP contribution is 2.13. The molecule has 0 radical (unpaired) electrons. The average molecular weight is 191 g/mol. The molecule has 1 rings (SSSR count). The summed E-state index contributed by atoms with van der Waals surface area (Å²) in [4.78, 5) is 0. The molecule has 0 spiro atoms. The molecule has 0 aromatic heterocycles. The molecule has 64 valence electrons. The molecule has 0 aromatic carbocycles. The first-order valence-corrected chi connectivity index (χ1v) is 4.26. The third kappa shape index (κ3) is 5.25. The van der Waals surface area contributed by atoms with Gasteiger partial charge in [-0.05, 0) is 19.3 Å². The van der Waals surface area contributed by atoms with Crippen LogP contribution in [0.3, 0.4) is 0 Å². The van der Waals surface area contributed by atoms with Crippen LogP contribution >= 0.6 is 11.6 Å². The second-order valence-corrected chi connectivity index (χ2v) is 2.73. The lowest BCUT2D eigenvalue weighted by atomic mass is 10.2. The number of hydrogen-bond donors (Lipinski definition) is 0. The lowest BCUT2D eigenvalue weighted by Gasteiger charge is -2.21. The maximum Gasteiger partial charge on any atom is 0.316 e. The molecule has 0 amide bonds. The van der Waals surface area contributed by atoms with Crippen molar-refractivity contribution in [2.75, 3.05) is 19.1 Å². The number of rotatable bonds is 3. The van der Waals surface area contributed by atoms with E-state index >= 15 is 0 Å². The zero-order chi connectivity index (χ0) is 7.23. The summed E-state index contributed by atoms with van der Waals surface area (Å²) in [5.41, 5.74) is 0. The maximum atomic E-state index is 5.44. The van der Waals surface area contributed by atoms with E-state index in [0.717, 1.165) is 13.0 Å². The Balaban J connectivity index is 0.000001000. The second kappa shape index (κ2) is 7.62. The normalized spacial score (nSPS) is 24.3. The van der Waals surface area contributed by atoms with E-state index in [1.165, 1.54) is 12.8 Å². The predicted octanol–water partition coefficient (Wildman–Crippen LogP) is 0.852. The number of ether oxygens (including phenoxy) is 2. The largest absolute Gasteiger partial charge is 0.353 e. The minimum Gasteiger partial charge on any atom is -0.353 e. The Morgan fingerprint density at radius 1 is 1.45 bits per heavy atom. The fourth-order valence-electron chi connectivity index (χ4n) is 1.02. The Bertz CT molecular complexity index is 86.5. The Morgan fingerprint density at radius 3 is 2.82 bits per heavy atom. The first kappa shape index (κ1) is 12.0. The topological polar surface area (TPSA) is 18.5 Å². The van der Waals surface area contributed by atoms with E-state index in [9.17, 15) is 0 Å². The highest BCUT2D eigenvalue weighted by atomic mass is 35.5. The van der Waals surface area contributed by atoms with E-state index in [1.807, 2.05) is 0 Å². The zero-order valence-electron chi connectivity index (χ0n) is 6.01. The summed E-state index contributed by atoms with van der Waals surface area (Å²) in [5.74, 6) is 0.555. The summed E-state index contributed by atoms with van der Waals surface area (Å²) in [6.45, 7) is 1.44. The summed E-state index contributed by atoms with van der Waals surface area (Å²) in [6.07, 6.45) is 3.43. The van der Waals surface area contributed by atoms with Gasteiger partial charge in [-0.2, -0.15) is 0 Å². The van der Waals surface area contributed by atoms with Crippen molar-refractivity contribution in [1.82, 2.24) is 0 Å². The third-order valence-corrected chi connectivity index (χ3v) is 1.67. The monoisotopic (exact) mass is 190 g/mol. The highest BCUT2D eigenvalue weighted by molar-refractivity contribution is 6.17. The van der Waals surface area contributed by atoms with Crippen LogP contribution in [0.5, 0.6) is 0 Å². The van der Waals surface area contributed by atoms with Gasteiger partial charge in [0.2, 0.25) is 0 Å². The van der Waals surface area contributed by atoms with Gasteiger partial charge in [0.15, 0.2) is 6.29 Å². The van der Waals surface area contributed by atoms with E-state index in [4.69, 9.17) is 21.1 Å². The molecule has 1 saturated heterocycles. The van der Waals surface area contributed by atoms with Gasteiger partial charge in [-0.3, -0.25) is 0 Å². The zero-order valence-corrected chi connectivity index (χ0v) is 6.77. The number of alkyl halides is 1. The Labute approximate surface area is 88.7 Å². The van der Waals surface area contributed by atoms with E-state index in [1.54, 1.807) is 0 Å². The smallest absolute Gasteiger partial charge is 0.316 e. The predicted molar refractivity (Wildman–Crippen MR) is 48.8 cm³/mol. The minimum absolute atomic E-state index is 0. The van der Waals surface area contributed by atoms with Gasteiger partial charge in [0.1, 0.15) is 0 Å². The van der Waals surface area contributed by atoms with Gasteiger partial charge in [-0.25, -0.2) is 0 Å². The van der Waals surface area contributed by atoms with Crippen molar-refractivity contribution in [3.8, 4) is 0 Å². The van der Waals surface area contributed by atoms with Gasteiger partial charge in [-0.1, -0.05) is 0 Å². The van der Waals surface area contributed by atoms with Crippen LogP contribution in [0, 0.1) is 0 Å². The van der Waals surface area contributed by atoms with Gasteiger partial charge < -0.3 is 9.47 Å². The average Bonchev–Trinajstić information content (AvgIpc) is 2.03. The van der Waals surface area contributed by atoms with Crippen LogP contribution in [-0.2, 0) is 9.47 Å². The quantitative estimate of drug-likeness (QED) is 0.486. The van der Waals surface area contributed by atoms with E-state index in [0.29, 0.717) is 12.5 Å². The first-order chi connectivity index (χ1) is 4.93. The molecule has 11 heavy (non-hydrogen) atoms. The molecule has 0 saturated carbocycles. The van der Waals surface area contributed by atoms with Crippen molar-refractivity contribution in [2.24, 2.45) is 0 Å². The van der Waals surface area contributed by atoms with Crippen LogP contribution in [0.2, 0.25) is 0 Å². The van der Waals surface area contributed by atoms with Crippen LogP contribution < -0.4 is 0 Å². The standard InChI is InChI=1S/C7H13ClO2.Mg.2H/c8-4-6-10-7-3-1-2-5-9-7;;;/h7H,1-6H2;;;. The molecule has 4 heteroatoms. The molecule has 0 bridgehead atoms. The molecule has 1 aliphatic rings. The highest BCUT2D eigenvalue weighted by Gasteiger charge is 2.12. The maximum absolute atomic E-state index is 5.44. The summed E-state index contributed by atoms with van der Waals surface area (Å²) in [6, 6.07) is 0. The van der Waals surface area contributed by atoms with Crippen LogP contribution in [0.15, 0.2) is 0 Å². The van der Waals surface area contributed by atoms with Gasteiger partial charge in [0.05, 0.1) is 6.61 Å².